The summed E-state index contributed by atoms with van der Waals surface area (Å²) in [5, 5.41) is 10.0. The Kier molecular flexibility index (Phi) is 6.97. The van der Waals surface area contributed by atoms with Gasteiger partial charge in [-0.2, -0.15) is 5.26 Å². The summed E-state index contributed by atoms with van der Waals surface area (Å²) < 4.78 is 2.30. The molecule has 4 aromatic rings. The van der Waals surface area contributed by atoms with E-state index in [1.165, 1.54) is 15.9 Å². The Morgan fingerprint density at radius 1 is 1.03 bits per heavy atom. The highest BCUT2D eigenvalue weighted by Gasteiger charge is 2.19. The van der Waals surface area contributed by atoms with E-state index in [0.29, 0.717) is 20.4 Å². The molecule has 0 saturated heterocycles. The molecule has 0 aliphatic heterocycles. The summed E-state index contributed by atoms with van der Waals surface area (Å²) in [6, 6.07) is 24.5. The van der Waals surface area contributed by atoms with Crippen LogP contribution < -0.4 is 14.8 Å². The van der Waals surface area contributed by atoms with E-state index in [0.717, 1.165) is 21.6 Å². The molecule has 6 heteroatoms. The molecule has 4 rings (SSSR count). The minimum Gasteiger partial charge on any atom is -0.288 e. The summed E-state index contributed by atoms with van der Waals surface area (Å²) >= 11 is 2.81. The number of Topliss-reactive ketones (excluding diaryl/α,β-unsaturated/α-hetero) is 1. The summed E-state index contributed by atoms with van der Waals surface area (Å²) in [6.07, 6.45) is 3.82. The third-order valence-electron chi connectivity index (χ3n) is 5.43. The smallest absolute Gasteiger partial charge is 0.273 e. The van der Waals surface area contributed by atoms with Crippen LogP contribution in [0.4, 0.5) is 0 Å². The maximum atomic E-state index is 13.7. The monoisotopic (exact) mass is 482 g/mol. The van der Waals surface area contributed by atoms with Gasteiger partial charge in [0.1, 0.15) is 16.3 Å². The molecule has 3 aromatic carbocycles. The maximum absolute atomic E-state index is 13.7. The van der Waals surface area contributed by atoms with Gasteiger partial charge in [0.25, 0.3) is 5.56 Å². The van der Waals surface area contributed by atoms with Gasteiger partial charge < -0.3 is 0 Å². The van der Waals surface area contributed by atoms with Crippen molar-refractivity contribution in [3.63, 3.8) is 0 Å². The van der Waals surface area contributed by atoms with Gasteiger partial charge >= 0.3 is 0 Å². The molecule has 0 aliphatic rings. The number of hydrogen-bond donors (Lipinski definition) is 0. The number of rotatable bonds is 5. The molecule has 34 heavy (non-hydrogen) atoms. The van der Waals surface area contributed by atoms with E-state index in [1.807, 2.05) is 74.7 Å². The molecule has 0 atom stereocenters. The molecule has 4 nitrogen and oxygen atoms in total. The van der Waals surface area contributed by atoms with E-state index < -0.39 is 5.78 Å². The van der Waals surface area contributed by atoms with Crippen LogP contribution in [0.2, 0.25) is 0 Å². The number of ketones is 1. The zero-order valence-corrected chi connectivity index (χ0v) is 20.7. The topological polar surface area (TPSA) is 62.9 Å². The lowest BCUT2D eigenvalue weighted by Gasteiger charge is -2.08. The number of hydrogen-bond acceptors (Lipinski definition) is 5. The Bertz CT molecular complexity index is 1590. The van der Waals surface area contributed by atoms with Gasteiger partial charge in [-0.1, -0.05) is 54.6 Å². The van der Waals surface area contributed by atoms with Crippen LogP contribution in [0.3, 0.4) is 0 Å². The van der Waals surface area contributed by atoms with Crippen molar-refractivity contribution >= 4 is 40.5 Å². The van der Waals surface area contributed by atoms with Gasteiger partial charge in [0.05, 0.1) is 10.2 Å². The van der Waals surface area contributed by atoms with Crippen LogP contribution in [0.25, 0.3) is 17.3 Å². The molecule has 1 heterocycles. The van der Waals surface area contributed by atoms with Crippen LogP contribution >= 0.6 is 23.1 Å². The largest absolute Gasteiger partial charge is 0.288 e. The molecule has 1 aromatic heterocycles. The van der Waals surface area contributed by atoms with Crippen LogP contribution in [-0.4, -0.2) is 16.6 Å². The minimum atomic E-state index is -0.403. The van der Waals surface area contributed by atoms with Crippen molar-refractivity contribution in [2.24, 2.45) is 0 Å². The highest BCUT2D eigenvalue weighted by Crippen LogP contribution is 2.16. The van der Waals surface area contributed by atoms with Gasteiger partial charge in [-0.05, 0) is 61.1 Å². The van der Waals surface area contributed by atoms with Gasteiger partial charge in [0, 0.05) is 10.5 Å². The van der Waals surface area contributed by atoms with Crippen molar-refractivity contribution < 1.29 is 4.79 Å². The molecule has 0 amide bonds. The minimum absolute atomic E-state index is 0.0495. The number of benzene rings is 3. The average Bonchev–Trinajstić information content (AvgIpc) is 3.17. The van der Waals surface area contributed by atoms with Crippen LogP contribution in [0, 0.1) is 25.2 Å². The van der Waals surface area contributed by atoms with Crippen molar-refractivity contribution in [2.45, 2.75) is 18.7 Å². The van der Waals surface area contributed by atoms with E-state index in [2.05, 4.69) is 6.07 Å². The average molecular weight is 483 g/mol. The molecule has 168 valence electrons. The van der Waals surface area contributed by atoms with Gasteiger partial charge in [0.15, 0.2) is 0 Å². The SMILES string of the molecule is CSc1ccc(C=c2sc(=C(C#N)C(=O)c3ccccc3)n(-c3cc(C)ccc3C)c2=O)cc1. The van der Waals surface area contributed by atoms with E-state index in [4.69, 9.17) is 0 Å². The van der Waals surface area contributed by atoms with Crippen LogP contribution in [0.1, 0.15) is 27.0 Å². The van der Waals surface area contributed by atoms with Gasteiger partial charge in [-0.3, -0.25) is 14.2 Å². The molecule has 0 bridgehead atoms. The molecule has 0 fully saturated rings. The number of thioether (sulfide) groups is 1. The molecular formula is C28H22N2O2S2. The van der Waals surface area contributed by atoms with Crippen molar-refractivity contribution in [3.05, 3.63) is 115 Å². The fourth-order valence-corrected chi connectivity index (χ4v) is 5.11. The van der Waals surface area contributed by atoms with Crippen molar-refractivity contribution in [2.75, 3.05) is 6.26 Å². The second-order valence-corrected chi connectivity index (χ2v) is 9.71. The fourth-order valence-electron chi connectivity index (χ4n) is 3.61. The maximum Gasteiger partial charge on any atom is 0.273 e. The van der Waals surface area contributed by atoms with Crippen molar-refractivity contribution in [3.8, 4) is 11.8 Å². The number of aromatic nitrogens is 1. The lowest BCUT2D eigenvalue weighted by molar-refractivity contribution is 0.105. The second kappa shape index (κ2) is 10.1. The Morgan fingerprint density at radius 3 is 2.38 bits per heavy atom. The number of carbonyl (C=O) groups is 1. The van der Waals surface area contributed by atoms with Crippen molar-refractivity contribution in [1.82, 2.24) is 4.57 Å². The third-order valence-corrected chi connectivity index (χ3v) is 7.27. The van der Waals surface area contributed by atoms with Gasteiger partial charge in [0.2, 0.25) is 5.78 Å². The molecule has 0 spiro atoms. The molecule has 0 saturated carbocycles. The molecular weight excluding hydrogens is 460 g/mol. The summed E-state index contributed by atoms with van der Waals surface area (Å²) in [7, 11) is 0. The number of aryl methyl sites for hydroxylation is 2. The molecule has 0 N–H and O–H groups in total. The summed E-state index contributed by atoms with van der Waals surface area (Å²) in [5.41, 5.74) is 3.52. The van der Waals surface area contributed by atoms with E-state index in [1.54, 1.807) is 36.0 Å². The van der Waals surface area contributed by atoms with Crippen molar-refractivity contribution in [1.29, 1.82) is 5.26 Å². The van der Waals surface area contributed by atoms with Crippen LogP contribution in [0.15, 0.2) is 82.5 Å². The fraction of sp³-hybridized carbons (Fsp3) is 0.107. The molecule has 0 unspecified atom stereocenters. The Labute approximate surface area is 206 Å². The third kappa shape index (κ3) is 4.67. The predicted molar refractivity (Wildman–Crippen MR) is 140 cm³/mol. The normalized spacial score (nSPS) is 12.4. The van der Waals surface area contributed by atoms with E-state index >= 15 is 0 Å². The number of thiazole rings is 1. The quantitative estimate of drug-likeness (QED) is 0.308. The number of carbonyl (C=O) groups excluding carboxylic acids is 1. The first-order valence-corrected chi connectivity index (χ1v) is 12.7. The Morgan fingerprint density at radius 2 is 1.74 bits per heavy atom. The predicted octanol–water partition coefficient (Wildman–Crippen LogP) is 4.62. The lowest BCUT2D eigenvalue weighted by Crippen LogP contribution is -2.32. The Balaban J connectivity index is 2.07. The second-order valence-electron chi connectivity index (χ2n) is 7.80. The highest BCUT2D eigenvalue weighted by molar-refractivity contribution is 7.98. The zero-order valence-electron chi connectivity index (χ0n) is 19.0. The standard InChI is InChI=1S/C28H22N2O2S2/c1-18-9-10-19(2)24(15-18)30-27(32)25(16-20-11-13-22(33-3)14-12-20)34-28(30)23(17-29)26(31)21-7-5-4-6-8-21/h4-16H,1-3H3. The molecule has 0 radical (unpaired) electrons. The number of nitriles is 1. The first-order valence-electron chi connectivity index (χ1n) is 10.6. The van der Waals surface area contributed by atoms with Gasteiger partial charge in [-0.15, -0.1) is 23.1 Å². The van der Waals surface area contributed by atoms with E-state index in [9.17, 15) is 14.9 Å². The van der Waals surface area contributed by atoms with Crippen LogP contribution in [0.5, 0.6) is 0 Å². The van der Waals surface area contributed by atoms with Crippen LogP contribution in [-0.2, 0) is 0 Å². The summed E-state index contributed by atoms with van der Waals surface area (Å²) in [4.78, 5) is 28.1. The highest BCUT2D eigenvalue weighted by atomic mass is 32.2. The van der Waals surface area contributed by atoms with E-state index in [-0.39, 0.29) is 11.1 Å². The summed E-state index contributed by atoms with van der Waals surface area (Å²) in [6.45, 7) is 3.86. The molecule has 0 aliphatic carbocycles. The number of nitrogens with zero attached hydrogens (tertiary/aromatic N) is 2. The lowest BCUT2D eigenvalue weighted by atomic mass is 10.1. The summed E-state index contributed by atoms with van der Waals surface area (Å²) in [5.74, 6) is -0.403. The zero-order chi connectivity index (χ0) is 24.2. The Hall–Kier alpha value is -3.66. The first kappa shape index (κ1) is 23.5. The van der Waals surface area contributed by atoms with Gasteiger partial charge in [-0.25, -0.2) is 0 Å². The first-order chi connectivity index (χ1) is 16.4.